The van der Waals surface area contributed by atoms with E-state index in [1.54, 1.807) is 12.1 Å². The SMILES string of the molecule is COCCC(N)C(=O)N[C@H](Cc1ccc(O)cc1)C(=O)O. The maximum Gasteiger partial charge on any atom is 0.326 e. The van der Waals surface area contributed by atoms with E-state index in [0.29, 0.717) is 18.6 Å². The van der Waals surface area contributed by atoms with Crippen molar-refractivity contribution in [2.75, 3.05) is 13.7 Å². The fourth-order valence-electron chi connectivity index (χ4n) is 1.72. The van der Waals surface area contributed by atoms with E-state index in [4.69, 9.17) is 15.6 Å². The second-order valence-corrected chi connectivity index (χ2v) is 4.66. The van der Waals surface area contributed by atoms with Crippen molar-refractivity contribution in [2.24, 2.45) is 5.73 Å². The van der Waals surface area contributed by atoms with Crippen LogP contribution in [-0.4, -0.2) is 47.9 Å². The summed E-state index contributed by atoms with van der Waals surface area (Å²) in [6.07, 6.45) is 0.423. The molecule has 0 saturated carbocycles. The molecule has 0 bridgehead atoms. The number of carboxylic acid groups (broad SMARTS) is 1. The Bertz CT molecular complexity index is 475. The molecule has 1 rings (SSSR count). The number of hydrogen-bond donors (Lipinski definition) is 4. The number of aromatic hydroxyl groups is 1. The smallest absolute Gasteiger partial charge is 0.326 e. The number of carboxylic acids is 1. The van der Waals surface area contributed by atoms with Gasteiger partial charge in [-0.2, -0.15) is 0 Å². The molecule has 0 aliphatic carbocycles. The molecule has 0 aliphatic rings. The van der Waals surface area contributed by atoms with E-state index in [9.17, 15) is 14.7 Å². The lowest BCUT2D eigenvalue weighted by atomic mass is 10.1. The third-order valence-electron chi connectivity index (χ3n) is 2.96. The summed E-state index contributed by atoms with van der Waals surface area (Å²) >= 11 is 0. The zero-order valence-corrected chi connectivity index (χ0v) is 11.8. The monoisotopic (exact) mass is 296 g/mol. The first kappa shape index (κ1) is 16.9. The van der Waals surface area contributed by atoms with Gasteiger partial charge in [-0.3, -0.25) is 4.79 Å². The highest BCUT2D eigenvalue weighted by molar-refractivity contribution is 5.86. The first-order chi connectivity index (χ1) is 9.93. The fourth-order valence-corrected chi connectivity index (χ4v) is 1.72. The highest BCUT2D eigenvalue weighted by Gasteiger charge is 2.23. The number of aliphatic carboxylic acids is 1. The van der Waals surface area contributed by atoms with E-state index in [0.717, 1.165) is 0 Å². The van der Waals surface area contributed by atoms with E-state index < -0.39 is 24.0 Å². The number of carbonyl (C=O) groups excluding carboxylic acids is 1. The van der Waals surface area contributed by atoms with Gasteiger partial charge in [-0.05, 0) is 24.1 Å². The third-order valence-corrected chi connectivity index (χ3v) is 2.96. The molecule has 5 N–H and O–H groups in total. The summed E-state index contributed by atoms with van der Waals surface area (Å²) in [5.74, 6) is -1.58. The maximum atomic E-state index is 11.8. The second-order valence-electron chi connectivity index (χ2n) is 4.66. The molecule has 116 valence electrons. The normalized spacial score (nSPS) is 13.4. The standard InChI is InChI=1S/C14H20N2O5/c1-21-7-6-11(15)13(18)16-12(14(19)20)8-9-2-4-10(17)5-3-9/h2-5,11-12,17H,6-8,15H2,1H3,(H,16,18)(H,19,20)/t11?,12-/m1/s1. The summed E-state index contributed by atoms with van der Waals surface area (Å²) in [4.78, 5) is 23.0. The molecule has 0 saturated heterocycles. The van der Waals surface area contributed by atoms with Crippen molar-refractivity contribution < 1.29 is 24.5 Å². The van der Waals surface area contributed by atoms with Crippen LogP contribution >= 0.6 is 0 Å². The van der Waals surface area contributed by atoms with Crippen molar-refractivity contribution in [1.82, 2.24) is 5.32 Å². The first-order valence-corrected chi connectivity index (χ1v) is 6.49. The number of methoxy groups -OCH3 is 1. The minimum atomic E-state index is -1.14. The Morgan fingerprint density at radius 3 is 2.48 bits per heavy atom. The van der Waals surface area contributed by atoms with Gasteiger partial charge in [-0.25, -0.2) is 4.79 Å². The summed E-state index contributed by atoms with van der Waals surface area (Å²) < 4.78 is 4.82. The van der Waals surface area contributed by atoms with Gasteiger partial charge in [0.05, 0.1) is 6.04 Å². The van der Waals surface area contributed by atoms with Crippen LogP contribution in [0.15, 0.2) is 24.3 Å². The van der Waals surface area contributed by atoms with Crippen LogP contribution in [0.25, 0.3) is 0 Å². The van der Waals surface area contributed by atoms with Crippen LogP contribution in [0.2, 0.25) is 0 Å². The highest BCUT2D eigenvalue weighted by Crippen LogP contribution is 2.11. The second kappa shape index (κ2) is 8.23. The van der Waals surface area contributed by atoms with Gasteiger partial charge in [0.15, 0.2) is 0 Å². The molecule has 1 amide bonds. The van der Waals surface area contributed by atoms with Crippen molar-refractivity contribution in [2.45, 2.75) is 24.9 Å². The van der Waals surface area contributed by atoms with Gasteiger partial charge >= 0.3 is 5.97 Å². The molecule has 0 radical (unpaired) electrons. The van der Waals surface area contributed by atoms with Crippen LogP contribution in [0.3, 0.4) is 0 Å². The molecule has 2 atom stereocenters. The minimum Gasteiger partial charge on any atom is -0.508 e. The van der Waals surface area contributed by atoms with Gasteiger partial charge in [0.1, 0.15) is 11.8 Å². The fraction of sp³-hybridized carbons (Fsp3) is 0.429. The number of carbonyl (C=O) groups is 2. The maximum absolute atomic E-state index is 11.8. The Morgan fingerprint density at radius 2 is 1.95 bits per heavy atom. The number of benzene rings is 1. The van der Waals surface area contributed by atoms with E-state index in [1.165, 1.54) is 19.2 Å². The lowest BCUT2D eigenvalue weighted by molar-refractivity contribution is -0.142. The zero-order chi connectivity index (χ0) is 15.8. The van der Waals surface area contributed by atoms with Gasteiger partial charge < -0.3 is 26.0 Å². The predicted molar refractivity (Wildman–Crippen MR) is 75.8 cm³/mol. The Balaban J connectivity index is 2.63. The van der Waals surface area contributed by atoms with Gasteiger partial charge in [0.2, 0.25) is 5.91 Å². The molecule has 0 aliphatic heterocycles. The molecular formula is C14H20N2O5. The quantitative estimate of drug-likeness (QED) is 0.530. The van der Waals surface area contributed by atoms with Crippen LogP contribution < -0.4 is 11.1 Å². The Kier molecular flexibility index (Phi) is 6.64. The summed E-state index contributed by atoms with van der Waals surface area (Å²) in [7, 11) is 1.50. The van der Waals surface area contributed by atoms with Crippen molar-refractivity contribution in [1.29, 1.82) is 0 Å². The summed E-state index contributed by atoms with van der Waals surface area (Å²) in [6.45, 7) is 0.324. The van der Waals surface area contributed by atoms with Gasteiger partial charge in [0.25, 0.3) is 0 Å². The van der Waals surface area contributed by atoms with E-state index in [2.05, 4.69) is 5.32 Å². The van der Waals surface area contributed by atoms with Gasteiger partial charge in [0, 0.05) is 20.1 Å². The van der Waals surface area contributed by atoms with Crippen molar-refractivity contribution >= 4 is 11.9 Å². The van der Waals surface area contributed by atoms with Crippen LogP contribution in [0.4, 0.5) is 0 Å². The first-order valence-electron chi connectivity index (χ1n) is 6.49. The van der Waals surface area contributed by atoms with Gasteiger partial charge in [-0.15, -0.1) is 0 Å². The minimum absolute atomic E-state index is 0.0937. The Hall–Kier alpha value is -2.12. The summed E-state index contributed by atoms with van der Waals surface area (Å²) in [6, 6.07) is 4.23. The summed E-state index contributed by atoms with van der Waals surface area (Å²) in [5, 5.41) is 20.8. The molecule has 1 unspecified atom stereocenters. The van der Waals surface area contributed by atoms with Gasteiger partial charge in [-0.1, -0.05) is 12.1 Å². The number of rotatable bonds is 8. The number of nitrogens with one attached hydrogen (secondary N) is 1. The molecule has 0 spiro atoms. The Morgan fingerprint density at radius 1 is 1.33 bits per heavy atom. The van der Waals surface area contributed by atoms with E-state index in [-0.39, 0.29) is 12.2 Å². The average molecular weight is 296 g/mol. The topological polar surface area (TPSA) is 122 Å². The zero-order valence-electron chi connectivity index (χ0n) is 11.8. The lowest BCUT2D eigenvalue weighted by Crippen LogP contribution is -2.49. The highest BCUT2D eigenvalue weighted by atomic mass is 16.5. The predicted octanol–water partition coefficient (Wildman–Crippen LogP) is -0.132. The van der Waals surface area contributed by atoms with Crippen LogP contribution in [-0.2, 0) is 20.7 Å². The molecule has 7 heteroatoms. The van der Waals surface area contributed by atoms with Crippen molar-refractivity contribution in [3.05, 3.63) is 29.8 Å². The molecular weight excluding hydrogens is 276 g/mol. The number of phenolic OH excluding ortho intramolecular Hbond substituents is 1. The number of hydrogen-bond acceptors (Lipinski definition) is 5. The van der Waals surface area contributed by atoms with Crippen LogP contribution in [0.5, 0.6) is 5.75 Å². The molecule has 0 fully saturated rings. The Labute approximate surface area is 122 Å². The van der Waals surface area contributed by atoms with Crippen molar-refractivity contribution in [3.8, 4) is 5.75 Å². The van der Waals surface area contributed by atoms with Crippen LogP contribution in [0.1, 0.15) is 12.0 Å². The number of phenols is 1. The molecule has 0 aromatic heterocycles. The number of amides is 1. The molecule has 0 heterocycles. The largest absolute Gasteiger partial charge is 0.508 e. The number of ether oxygens (including phenoxy) is 1. The average Bonchev–Trinajstić information content (AvgIpc) is 2.45. The third kappa shape index (κ3) is 5.80. The molecule has 7 nitrogen and oxygen atoms in total. The number of nitrogens with two attached hydrogens (primary N) is 1. The van der Waals surface area contributed by atoms with Crippen molar-refractivity contribution in [3.63, 3.8) is 0 Å². The van der Waals surface area contributed by atoms with Crippen LogP contribution in [0, 0.1) is 0 Å². The molecule has 1 aromatic rings. The lowest BCUT2D eigenvalue weighted by Gasteiger charge is -2.17. The molecule has 21 heavy (non-hydrogen) atoms. The molecule has 1 aromatic carbocycles. The summed E-state index contributed by atoms with van der Waals surface area (Å²) in [5.41, 5.74) is 6.33. The van der Waals surface area contributed by atoms with E-state index >= 15 is 0 Å². The van der Waals surface area contributed by atoms with E-state index in [1.807, 2.05) is 0 Å².